The Hall–Kier alpha value is -2.61. The predicted molar refractivity (Wildman–Crippen MR) is 98.5 cm³/mol. The number of rotatable bonds is 5. The second kappa shape index (κ2) is 6.48. The van der Waals surface area contributed by atoms with Crippen molar-refractivity contribution in [2.24, 2.45) is 11.8 Å². The molecule has 2 amide bonds. The summed E-state index contributed by atoms with van der Waals surface area (Å²) in [6, 6.07) is 5.37. The fraction of sp³-hybridized carbons (Fsp3) is 0.550. The lowest BCUT2D eigenvalue weighted by atomic mass is 9.73. The number of fused-ring (bicyclic) bond motifs is 1. The lowest BCUT2D eigenvalue weighted by Crippen LogP contribution is -2.42. The van der Waals surface area contributed by atoms with Crippen LogP contribution in [0.3, 0.4) is 0 Å². The van der Waals surface area contributed by atoms with Gasteiger partial charge in [0.25, 0.3) is 5.91 Å². The molecule has 0 radical (unpaired) electrons. The molecule has 4 atom stereocenters. The minimum atomic E-state index is -0.251. The van der Waals surface area contributed by atoms with Gasteiger partial charge in [-0.05, 0) is 31.9 Å². The lowest BCUT2D eigenvalue weighted by molar-refractivity contribution is -0.131. The van der Waals surface area contributed by atoms with Crippen molar-refractivity contribution in [3.05, 3.63) is 41.5 Å². The summed E-state index contributed by atoms with van der Waals surface area (Å²) in [5, 5.41) is 6.88. The van der Waals surface area contributed by atoms with Gasteiger partial charge in [0.05, 0.1) is 30.4 Å². The normalized spacial score (nSPS) is 30.6. The third kappa shape index (κ3) is 2.83. The summed E-state index contributed by atoms with van der Waals surface area (Å²) in [6.07, 6.45) is 4.10. The summed E-state index contributed by atoms with van der Waals surface area (Å²) in [7, 11) is 0. The Morgan fingerprint density at radius 1 is 1.46 bits per heavy atom. The number of aryl methyl sites for hydroxylation is 1. The molecule has 3 aliphatic rings. The fourth-order valence-electron chi connectivity index (χ4n) is 5.19. The van der Waals surface area contributed by atoms with Crippen LogP contribution in [0.2, 0.25) is 0 Å². The third-order valence-electron chi connectivity index (χ3n) is 6.48. The molecule has 0 saturated carbocycles. The number of hydrogen-bond acceptors (Lipinski definition) is 5. The van der Waals surface area contributed by atoms with Gasteiger partial charge in [-0.25, -0.2) is 0 Å². The van der Waals surface area contributed by atoms with Crippen molar-refractivity contribution < 1.29 is 18.8 Å². The molecule has 3 fully saturated rings. The second-order valence-corrected chi connectivity index (χ2v) is 8.21. The zero-order chi connectivity index (χ0) is 19.3. The maximum absolute atomic E-state index is 12.8. The number of carbonyl (C=O) groups is 2. The highest BCUT2D eigenvalue weighted by atomic mass is 16.5. The molecule has 2 aromatic rings. The van der Waals surface area contributed by atoms with E-state index >= 15 is 0 Å². The molecule has 3 saturated heterocycles. The van der Waals surface area contributed by atoms with Crippen molar-refractivity contribution in [2.75, 3.05) is 19.6 Å². The van der Waals surface area contributed by atoms with Crippen LogP contribution < -0.4 is 5.32 Å². The van der Waals surface area contributed by atoms with Gasteiger partial charge in [-0.2, -0.15) is 0 Å². The smallest absolute Gasteiger partial charge is 0.267 e. The molecular weight excluding hydrogens is 360 g/mol. The van der Waals surface area contributed by atoms with E-state index < -0.39 is 0 Å². The average Bonchev–Trinajstić information content (AvgIpc) is 3.46. The summed E-state index contributed by atoms with van der Waals surface area (Å²) >= 11 is 0. The summed E-state index contributed by atoms with van der Waals surface area (Å²) in [5.74, 6) is 1.03. The Balaban J connectivity index is 1.24. The molecule has 148 valence electrons. The molecule has 0 aromatic carbocycles. The quantitative estimate of drug-likeness (QED) is 0.809. The molecule has 5 heterocycles. The maximum atomic E-state index is 12.8. The Labute approximate surface area is 162 Å². The second-order valence-electron chi connectivity index (χ2n) is 8.21. The van der Waals surface area contributed by atoms with E-state index in [1.54, 1.807) is 24.4 Å². The van der Waals surface area contributed by atoms with Gasteiger partial charge in [0.15, 0.2) is 0 Å². The zero-order valence-corrected chi connectivity index (χ0v) is 15.8. The first-order valence-corrected chi connectivity index (χ1v) is 9.83. The molecule has 8 nitrogen and oxygen atoms in total. The van der Waals surface area contributed by atoms with E-state index in [2.05, 4.69) is 15.5 Å². The minimum Gasteiger partial charge on any atom is -0.369 e. The Kier molecular flexibility index (Phi) is 4.04. The number of aromatic amines is 1. The van der Waals surface area contributed by atoms with Crippen LogP contribution in [0.1, 0.15) is 34.8 Å². The van der Waals surface area contributed by atoms with Crippen molar-refractivity contribution in [1.29, 1.82) is 0 Å². The van der Waals surface area contributed by atoms with Crippen molar-refractivity contribution >= 4 is 11.8 Å². The summed E-state index contributed by atoms with van der Waals surface area (Å²) in [5.41, 5.74) is 1.09. The molecule has 3 aliphatic heterocycles. The third-order valence-corrected chi connectivity index (χ3v) is 6.48. The van der Waals surface area contributed by atoms with E-state index in [0.29, 0.717) is 31.1 Å². The van der Waals surface area contributed by atoms with E-state index in [1.807, 2.05) is 11.8 Å². The van der Waals surface area contributed by atoms with Crippen molar-refractivity contribution in [3.63, 3.8) is 0 Å². The van der Waals surface area contributed by atoms with E-state index in [-0.39, 0.29) is 41.8 Å². The van der Waals surface area contributed by atoms with Crippen LogP contribution in [-0.2, 0) is 16.0 Å². The van der Waals surface area contributed by atoms with Crippen LogP contribution in [0.25, 0.3) is 0 Å². The SMILES string of the molecule is Cc1cc(CC(=O)N2C[C@@H]3[C@H](CNC(=O)c4ccc[nH]4)[C@H]4CC[C@]3(C2)O4)on1. The van der Waals surface area contributed by atoms with Crippen molar-refractivity contribution in [1.82, 2.24) is 20.4 Å². The molecule has 1 spiro atoms. The van der Waals surface area contributed by atoms with Crippen LogP contribution in [0, 0.1) is 18.8 Å². The number of carbonyl (C=O) groups excluding carboxylic acids is 2. The Morgan fingerprint density at radius 3 is 3.11 bits per heavy atom. The van der Waals surface area contributed by atoms with Gasteiger partial charge in [-0.3, -0.25) is 9.59 Å². The molecule has 0 aliphatic carbocycles. The van der Waals surface area contributed by atoms with Gasteiger partial charge in [0.2, 0.25) is 5.91 Å². The highest BCUT2D eigenvalue weighted by Gasteiger charge is 2.63. The molecule has 5 rings (SSSR count). The lowest BCUT2D eigenvalue weighted by Gasteiger charge is -2.29. The van der Waals surface area contributed by atoms with Crippen LogP contribution in [0.4, 0.5) is 0 Å². The number of nitrogens with one attached hydrogen (secondary N) is 2. The number of nitrogens with zero attached hydrogens (tertiary/aromatic N) is 2. The first-order chi connectivity index (χ1) is 13.5. The Morgan fingerprint density at radius 2 is 2.36 bits per heavy atom. The fourth-order valence-corrected chi connectivity index (χ4v) is 5.19. The highest BCUT2D eigenvalue weighted by Crippen LogP contribution is 2.54. The molecule has 2 bridgehead atoms. The zero-order valence-electron chi connectivity index (χ0n) is 15.8. The standard InChI is InChI=1S/C20H24N4O4/c1-12-7-13(28-23-12)8-18(25)24-10-15-14(17-4-5-20(15,11-24)27-17)9-22-19(26)16-3-2-6-21-16/h2-3,6-7,14-15,17,21H,4-5,8-11H2,1H3,(H,22,26)/t14-,15+,17+,20+/m0/s1. The molecule has 28 heavy (non-hydrogen) atoms. The molecule has 2 aromatic heterocycles. The van der Waals surface area contributed by atoms with Crippen LogP contribution in [0.15, 0.2) is 28.9 Å². The maximum Gasteiger partial charge on any atom is 0.267 e. The molecule has 8 heteroatoms. The van der Waals surface area contributed by atoms with E-state index in [1.165, 1.54) is 0 Å². The van der Waals surface area contributed by atoms with E-state index in [4.69, 9.17) is 9.26 Å². The number of amides is 2. The van der Waals surface area contributed by atoms with Crippen molar-refractivity contribution in [3.8, 4) is 0 Å². The monoisotopic (exact) mass is 384 g/mol. The van der Waals surface area contributed by atoms with Crippen LogP contribution >= 0.6 is 0 Å². The summed E-state index contributed by atoms with van der Waals surface area (Å²) < 4.78 is 11.6. The van der Waals surface area contributed by atoms with Crippen molar-refractivity contribution in [2.45, 2.75) is 37.9 Å². The van der Waals surface area contributed by atoms with Crippen LogP contribution in [0.5, 0.6) is 0 Å². The Bertz CT molecular complexity index is 892. The molecular formula is C20H24N4O4. The van der Waals surface area contributed by atoms with Gasteiger partial charge < -0.3 is 24.5 Å². The van der Waals surface area contributed by atoms with Gasteiger partial charge in [0.1, 0.15) is 11.5 Å². The van der Waals surface area contributed by atoms with E-state index in [9.17, 15) is 9.59 Å². The topological polar surface area (TPSA) is 100 Å². The number of likely N-dealkylation sites (tertiary alicyclic amines) is 1. The summed E-state index contributed by atoms with van der Waals surface area (Å²) in [6.45, 7) is 3.71. The van der Waals surface area contributed by atoms with E-state index in [0.717, 1.165) is 18.5 Å². The number of hydrogen-bond donors (Lipinski definition) is 2. The first-order valence-electron chi connectivity index (χ1n) is 9.83. The first kappa shape index (κ1) is 17.5. The van der Waals surface area contributed by atoms with Gasteiger partial charge in [-0.1, -0.05) is 5.16 Å². The van der Waals surface area contributed by atoms with Gasteiger partial charge in [0, 0.05) is 37.2 Å². The minimum absolute atomic E-state index is 0.0427. The van der Waals surface area contributed by atoms with Crippen LogP contribution in [-0.4, -0.2) is 58.2 Å². The molecule has 0 unspecified atom stereocenters. The largest absolute Gasteiger partial charge is 0.369 e. The molecule has 2 N–H and O–H groups in total. The predicted octanol–water partition coefficient (Wildman–Crippen LogP) is 1.29. The van der Waals surface area contributed by atoms with Gasteiger partial charge in [-0.15, -0.1) is 0 Å². The number of aromatic nitrogens is 2. The highest BCUT2D eigenvalue weighted by molar-refractivity contribution is 5.92. The van der Waals surface area contributed by atoms with Gasteiger partial charge >= 0.3 is 0 Å². The number of ether oxygens (including phenoxy) is 1. The number of H-pyrrole nitrogens is 1. The summed E-state index contributed by atoms with van der Waals surface area (Å²) in [4.78, 5) is 29.9. The average molecular weight is 384 g/mol.